The fourth-order valence-electron chi connectivity index (χ4n) is 2.38. The van der Waals surface area contributed by atoms with E-state index < -0.39 is 11.5 Å². The van der Waals surface area contributed by atoms with Crippen LogP contribution in [0.25, 0.3) is 10.9 Å². The van der Waals surface area contributed by atoms with E-state index in [1.165, 1.54) is 12.3 Å². The summed E-state index contributed by atoms with van der Waals surface area (Å²) in [5.74, 6) is 0.148. The van der Waals surface area contributed by atoms with Gasteiger partial charge in [-0.25, -0.2) is 4.98 Å². The van der Waals surface area contributed by atoms with Gasteiger partial charge in [0.25, 0.3) is 11.5 Å². The molecule has 6 nitrogen and oxygen atoms in total. The number of nitrogens with one attached hydrogen (secondary N) is 2. The Morgan fingerprint density at radius 3 is 3.00 bits per heavy atom. The van der Waals surface area contributed by atoms with Crippen molar-refractivity contribution in [3.63, 3.8) is 0 Å². The van der Waals surface area contributed by atoms with E-state index in [1.807, 2.05) is 37.3 Å². The zero-order chi connectivity index (χ0) is 17.8. The first-order chi connectivity index (χ1) is 12.0. The molecule has 2 heterocycles. The van der Waals surface area contributed by atoms with Crippen molar-refractivity contribution in [3.05, 3.63) is 69.2 Å². The summed E-state index contributed by atoms with van der Waals surface area (Å²) in [6.07, 6.45) is 1.33. The Labute approximate surface area is 148 Å². The van der Waals surface area contributed by atoms with Crippen LogP contribution >= 0.6 is 11.6 Å². The maximum Gasteiger partial charge on any atom is 0.260 e. The Morgan fingerprint density at radius 1 is 1.32 bits per heavy atom. The van der Waals surface area contributed by atoms with Crippen LogP contribution in [0.3, 0.4) is 0 Å². The van der Waals surface area contributed by atoms with Crippen LogP contribution in [0.5, 0.6) is 5.75 Å². The van der Waals surface area contributed by atoms with E-state index >= 15 is 0 Å². The summed E-state index contributed by atoms with van der Waals surface area (Å²) in [5, 5.41) is 3.91. The summed E-state index contributed by atoms with van der Waals surface area (Å²) >= 11 is 5.79. The molecule has 0 spiro atoms. The van der Waals surface area contributed by atoms with E-state index in [2.05, 4.69) is 15.3 Å². The normalized spacial score (nSPS) is 10.6. The number of fused-ring (bicyclic) bond motifs is 1. The summed E-state index contributed by atoms with van der Waals surface area (Å²) in [6, 6.07) is 10.9. The summed E-state index contributed by atoms with van der Waals surface area (Å²) in [5.41, 5.74) is 1.16. The zero-order valence-corrected chi connectivity index (χ0v) is 14.3. The zero-order valence-electron chi connectivity index (χ0n) is 13.5. The number of nitrogens with zero attached hydrogens (tertiary/aromatic N) is 1. The second kappa shape index (κ2) is 7.36. The fourth-order valence-corrected chi connectivity index (χ4v) is 2.54. The molecule has 0 aliphatic rings. The number of benzene rings is 1. The van der Waals surface area contributed by atoms with Gasteiger partial charge in [0.15, 0.2) is 0 Å². The van der Waals surface area contributed by atoms with Crippen molar-refractivity contribution in [1.82, 2.24) is 15.3 Å². The van der Waals surface area contributed by atoms with Crippen LogP contribution in [0.2, 0.25) is 5.02 Å². The smallest absolute Gasteiger partial charge is 0.260 e. The molecule has 1 amide bonds. The molecule has 1 aromatic carbocycles. The highest BCUT2D eigenvalue weighted by molar-refractivity contribution is 6.30. The van der Waals surface area contributed by atoms with E-state index in [1.54, 1.807) is 0 Å². The second-order valence-corrected chi connectivity index (χ2v) is 5.88. The number of para-hydroxylation sites is 1. The van der Waals surface area contributed by atoms with Crippen molar-refractivity contribution < 1.29 is 9.53 Å². The number of aromatic nitrogens is 2. The van der Waals surface area contributed by atoms with Crippen LogP contribution < -0.4 is 15.6 Å². The maximum absolute atomic E-state index is 12.0. The molecular formula is C18H16ClN3O3. The third-order valence-electron chi connectivity index (χ3n) is 3.58. The monoisotopic (exact) mass is 357 g/mol. The number of pyridine rings is 2. The minimum absolute atomic E-state index is 0.0325. The Balaban J connectivity index is 1.62. The molecule has 3 aromatic rings. The van der Waals surface area contributed by atoms with Gasteiger partial charge in [-0.05, 0) is 25.1 Å². The molecule has 0 atom stereocenters. The predicted molar refractivity (Wildman–Crippen MR) is 96.4 cm³/mol. The van der Waals surface area contributed by atoms with Crippen LogP contribution in [0.4, 0.5) is 0 Å². The topological polar surface area (TPSA) is 84.1 Å². The number of hydrogen-bond donors (Lipinski definition) is 2. The SMILES string of the molecule is Cc1ccc2cccc(OCCNC(=O)c3cc(Cl)c[nH]c3=O)c2n1. The average Bonchev–Trinajstić information content (AvgIpc) is 2.60. The molecule has 3 rings (SSSR count). The highest BCUT2D eigenvalue weighted by Crippen LogP contribution is 2.23. The number of aromatic amines is 1. The Kier molecular flexibility index (Phi) is 5.00. The van der Waals surface area contributed by atoms with Gasteiger partial charge >= 0.3 is 0 Å². The van der Waals surface area contributed by atoms with Gasteiger partial charge in [-0.1, -0.05) is 29.8 Å². The first-order valence-corrected chi connectivity index (χ1v) is 8.08. The largest absolute Gasteiger partial charge is 0.489 e. The van der Waals surface area contributed by atoms with Gasteiger partial charge in [0.05, 0.1) is 11.6 Å². The van der Waals surface area contributed by atoms with Gasteiger partial charge in [-0.15, -0.1) is 0 Å². The first kappa shape index (κ1) is 17.0. The van der Waals surface area contributed by atoms with Crippen LogP contribution in [0.1, 0.15) is 16.1 Å². The van der Waals surface area contributed by atoms with Crippen molar-refractivity contribution in [2.45, 2.75) is 6.92 Å². The number of carbonyl (C=O) groups excluding carboxylic acids is 1. The van der Waals surface area contributed by atoms with Crippen LogP contribution in [-0.2, 0) is 0 Å². The van der Waals surface area contributed by atoms with Crippen molar-refractivity contribution in [1.29, 1.82) is 0 Å². The lowest BCUT2D eigenvalue weighted by Gasteiger charge is -2.10. The molecule has 2 N–H and O–H groups in total. The summed E-state index contributed by atoms with van der Waals surface area (Å²) in [7, 11) is 0. The maximum atomic E-state index is 12.0. The van der Waals surface area contributed by atoms with Gasteiger partial charge in [-0.3, -0.25) is 9.59 Å². The number of aryl methyl sites for hydroxylation is 1. The molecule has 25 heavy (non-hydrogen) atoms. The lowest BCUT2D eigenvalue weighted by Crippen LogP contribution is -2.32. The van der Waals surface area contributed by atoms with Gasteiger partial charge in [-0.2, -0.15) is 0 Å². The van der Waals surface area contributed by atoms with Crippen LogP contribution in [0.15, 0.2) is 47.4 Å². The third-order valence-corrected chi connectivity index (χ3v) is 3.80. The van der Waals surface area contributed by atoms with Gasteiger partial charge in [0.1, 0.15) is 23.4 Å². The molecule has 0 bridgehead atoms. The molecule has 0 saturated heterocycles. The molecule has 0 unspecified atom stereocenters. The molecule has 2 aromatic heterocycles. The van der Waals surface area contributed by atoms with E-state index in [9.17, 15) is 9.59 Å². The van der Waals surface area contributed by atoms with Crippen LogP contribution in [-0.4, -0.2) is 29.0 Å². The summed E-state index contributed by atoms with van der Waals surface area (Å²) < 4.78 is 5.73. The molecule has 0 aliphatic heterocycles. The van der Waals surface area contributed by atoms with Crippen LogP contribution in [0, 0.1) is 6.92 Å². The molecule has 7 heteroatoms. The highest BCUT2D eigenvalue weighted by Gasteiger charge is 2.11. The van der Waals surface area contributed by atoms with Crippen molar-refractivity contribution in [2.75, 3.05) is 13.2 Å². The van der Waals surface area contributed by atoms with Gasteiger partial charge in [0.2, 0.25) is 0 Å². The number of H-pyrrole nitrogens is 1. The molecule has 0 aliphatic carbocycles. The molecule has 0 fully saturated rings. The standard InChI is InChI=1S/C18H16ClN3O3/c1-11-5-6-12-3-2-4-15(16(12)22-11)25-8-7-20-17(23)14-9-13(19)10-21-18(14)24/h2-6,9-10H,7-8H2,1H3,(H,20,23)(H,21,24). The Bertz CT molecular complexity index is 985. The number of rotatable bonds is 5. The number of carbonyl (C=O) groups is 1. The molecule has 0 saturated carbocycles. The van der Waals surface area contributed by atoms with Gasteiger partial charge < -0.3 is 15.0 Å². The van der Waals surface area contributed by atoms with Gasteiger partial charge in [0, 0.05) is 17.3 Å². The summed E-state index contributed by atoms with van der Waals surface area (Å²) in [4.78, 5) is 30.5. The lowest BCUT2D eigenvalue weighted by atomic mass is 10.2. The minimum atomic E-state index is -0.501. The fraction of sp³-hybridized carbons (Fsp3) is 0.167. The Hall–Kier alpha value is -2.86. The summed E-state index contributed by atoms with van der Waals surface area (Å²) in [6.45, 7) is 2.41. The highest BCUT2D eigenvalue weighted by atomic mass is 35.5. The van der Waals surface area contributed by atoms with E-state index in [0.717, 1.165) is 16.6 Å². The minimum Gasteiger partial charge on any atom is -0.489 e. The second-order valence-electron chi connectivity index (χ2n) is 5.45. The number of amides is 1. The lowest BCUT2D eigenvalue weighted by molar-refractivity contribution is 0.0945. The average molecular weight is 358 g/mol. The van der Waals surface area contributed by atoms with Crippen molar-refractivity contribution in [2.24, 2.45) is 0 Å². The van der Waals surface area contributed by atoms with Crippen molar-refractivity contribution >= 4 is 28.4 Å². The van der Waals surface area contributed by atoms with E-state index in [0.29, 0.717) is 5.75 Å². The van der Waals surface area contributed by atoms with Crippen molar-refractivity contribution in [3.8, 4) is 5.75 Å². The first-order valence-electron chi connectivity index (χ1n) is 7.70. The number of hydrogen-bond acceptors (Lipinski definition) is 4. The third kappa shape index (κ3) is 3.97. The quantitative estimate of drug-likeness (QED) is 0.688. The van der Waals surface area contributed by atoms with E-state index in [-0.39, 0.29) is 23.7 Å². The number of halogens is 1. The van der Waals surface area contributed by atoms with E-state index in [4.69, 9.17) is 16.3 Å². The number of ether oxygens (including phenoxy) is 1. The predicted octanol–water partition coefficient (Wildman–Crippen LogP) is 2.69. The molecule has 128 valence electrons. The molecule has 0 radical (unpaired) electrons. The molecular weight excluding hydrogens is 342 g/mol. The Morgan fingerprint density at radius 2 is 2.16 bits per heavy atom.